The molecule has 0 spiro atoms. The van der Waals surface area contributed by atoms with Crippen molar-refractivity contribution in [2.45, 2.75) is 44.6 Å². The number of nitrogens with one attached hydrogen (secondary N) is 2. The number of hydrazine groups is 1. The Bertz CT molecular complexity index is 743. The molecule has 29 heavy (non-hydrogen) atoms. The van der Waals surface area contributed by atoms with Gasteiger partial charge in [0.05, 0.1) is 12.5 Å². The van der Waals surface area contributed by atoms with Crippen LogP contribution in [0.2, 0.25) is 5.15 Å². The quantitative estimate of drug-likeness (QED) is 0.254. The van der Waals surface area contributed by atoms with Crippen LogP contribution in [-0.4, -0.2) is 57.6 Å². The van der Waals surface area contributed by atoms with Gasteiger partial charge in [0, 0.05) is 6.54 Å². The SMILES string of the molecule is O=CN(O)C[C@@H](CC1CCCC1)C(=O)N1NCCC1C(=O)Nc1cccc(Cl)n1. The molecule has 0 radical (unpaired) electrons. The van der Waals surface area contributed by atoms with Crippen LogP contribution in [0.1, 0.15) is 38.5 Å². The molecule has 2 aliphatic rings. The summed E-state index contributed by atoms with van der Waals surface area (Å²) in [6.07, 6.45) is 5.64. The lowest BCUT2D eigenvalue weighted by atomic mass is 9.92. The van der Waals surface area contributed by atoms with Crippen molar-refractivity contribution in [2.24, 2.45) is 11.8 Å². The van der Waals surface area contributed by atoms with Crippen LogP contribution in [-0.2, 0) is 14.4 Å². The van der Waals surface area contributed by atoms with Crippen molar-refractivity contribution in [3.8, 4) is 0 Å². The van der Waals surface area contributed by atoms with E-state index in [-0.39, 0.29) is 23.5 Å². The summed E-state index contributed by atoms with van der Waals surface area (Å²) in [6.45, 7) is 0.376. The third-order valence-electron chi connectivity index (χ3n) is 5.49. The van der Waals surface area contributed by atoms with Crippen LogP contribution in [0, 0.1) is 11.8 Å². The lowest BCUT2D eigenvalue weighted by Gasteiger charge is -2.29. The van der Waals surface area contributed by atoms with Gasteiger partial charge >= 0.3 is 0 Å². The summed E-state index contributed by atoms with van der Waals surface area (Å²) in [5.41, 5.74) is 2.97. The molecule has 1 aliphatic heterocycles. The van der Waals surface area contributed by atoms with Crippen LogP contribution in [0.15, 0.2) is 18.2 Å². The van der Waals surface area contributed by atoms with Crippen LogP contribution < -0.4 is 10.7 Å². The molecule has 158 valence electrons. The highest BCUT2D eigenvalue weighted by molar-refractivity contribution is 6.29. The molecule has 3 rings (SSSR count). The van der Waals surface area contributed by atoms with Gasteiger partial charge in [-0.25, -0.2) is 15.5 Å². The highest BCUT2D eigenvalue weighted by Crippen LogP contribution is 2.31. The van der Waals surface area contributed by atoms with Crippen LogP contribution in [0.4, 0.5) is 5.82 Å². The molecular formula is C19H26ClN5O4. The smallest absolute Gasteiger partial charge is 0.250 e. The molecule has 1 unspecified atom stereocenters. The number of anilines is 1. The van der Waals surface area contributed by atoms with Crippen molar-refractivity contribution in [3.63, 3.8) is 0 Å². The number of hydroxylamine groups is 2. The maximum Gasteiger partial charge on any atom is 0.250 e. The number of halogens is 1. The Balaban J connectivity index is 1.69. The fourth-order valence-electron chi connectivity index (χ4n) is 4.10. The summed E-state index contributed by atoms with van der Waals surface area (Å²) >= 11 is 5.86. The number of nitrogens with zero attached hydrogens (tertiary/aromatic N) is 3. The normalized spacial score (nSPS) is 20.5. The van der Waals surface area contributed by atoms with Gasteiger partial charge in [-0.2, -0.15) is 0 Å². The third-order valence-corrected chi connectivity index (χ3v) is 5.70. The van der Waals surface area contributed by atoms with Gasteiger partial charge in [-0.15, -0.1) is 0 Å². The number of carbonyl (C=O) groups is 3. The molecule has 1 aliphatic carbocycles. The molecule has 10 heteroatoms. The number of hydrogen-bond acceptors (Lipinski definition) is 6. The van der Waals surface area contributed by atoms with Crippen LogP contribution in [0.5, 0.6) is 0 Å². The largest absolute Gasteiger partial charge is 0.309 e. The van der Waals surface area contributed by atoms with Crippen molar-refractivity contribution < 1.29 is 19.6 Å². The monoisotopic (exact) mass is 423 g/mol. The van der Waals surface area contributed by atoms with E-state index >= 15 is 0 Å². The predicted octanol–water partition coefficient (Wildman–Crippen LogP) is 1.82. The van der Waals surface area contributed by atoms with E-state index in [0.717, 1.165) is 25.7 Å². The van der Waals surface area contributed by atoms with Gasteiger partial charge in [0.1, 0.15) is 17.0 Å². The number of aromatic nitrogens is 1. The third kappa shape index (κ3) is 5.65. The summed E-state index contributed by atoms with van der Waals surface area (Å²) in [5.74, 6) is -0.552. The molecule has 0 bridgehead atoms. The Labute approximate surface area is 174 Å². The zero-order chi connectivity index (χ0) is 20.8. The number of hydrogen-bond donors (Lipinski definition) is 3. The first-order chi connectivity index (χ1) is 14.0. The standard InChI is InChI=1S/C19H26ClN5O4/c20-16-6-3-7-17(22-16)23-18(27)15-8-9-21-25(15)19(28)14(11-24(29)12-26)10-13-4-1-2-5-13/h3,6-7,12-15,21,29H,1-2,4-5,8-11H2,(H,22,23,27)/t14-,15?/m1/s1. The molecule has 2 heterocycles. The highest BCUT2D eigenvalue weighted by Gasteiger charge is 2.39. The molecule has 1 saturated heterocycles. The van der Waals surface area contributed by atoms with Gasteiger partial charge in [-0.05, 0) is 30.9 Å². The lowest BCUT2D eigenvalue weighted by molar-refractivity contribution is -0.159. The summed E-state index contributed by atoms with van der Waals surface area (Å²) in [6, 6.07) is 4.19. The molecule has 0 aromatic carbocycles. The van der Waals surface area contributed by atoms with Crippen LogP contribution in [0.25, 0.3) is 0 Å². The minimum atomic E-state index is -0.710. The first kappa shape index (κ1) is 21.5. The van der Waals surface area contributed by atoms with Gasteiger partial charge in [0.2, 0.25) is 18.2 Å². The summed E-state index contributed by atoms with van der Waals surface area (Å²) in [5, 5.41) is 14.4. The van der Waals surface area contributed by atoms with Crippen molar-refractivity contribution in [1.29, 1.82) is 0 Å². The Morgan fingerprint density at radius 1 is 1.38 bits per heavy atom. The number of pyridine rings is 1. The second-order valence-corrected chi connectivity index (χ2v) is 7.95. The Morgan fingerprint density at radius 3 is 2.83 bits per heavy atom. The molecule has 2 atom stereocenters. The summed E-state index contributed by atoms with van der Waals surface area (Å²) in [4.78, 5) is 40.9. The number of rotatable bonds is 8. The maximum absolute atomic E-state index is 13.2. The average molecular weight is 424 g/mol. The van der Waals surface area contributed by atoms with E-state index in [1.54, 1.807) is 18.2 Å². The van der Waals surface area contributed by atoms with E-state index < -0.39 is 12.0 Å². The molecule has 3 N–H and O–H groups in total. The molecular weight excluding hydrogens is 398 g/mol. The zero-order valence-electron chi connectivity index (χ0n) is 16.1. The summed E-state index contributed by atoms with van der Waals surface area (Å²) < 4.78 is 0. The second kappa shape index (κ2) is 10.00. The van der Waals surface area contributed by atoms with Gasteiger partial charge in [-0.1, -0.05) is 43.4 Å². The fourth-order valence-corrected chi connectivity index (χ4v) is 4.26. The van der Waals surface area contributed by atoms with E-state index in [9.17, 15) is 19.6 Å². The van der Waals surface area contributed by atoms with E-state index in [1.165, 1.54) is 5.01 Å². The number of carbonyl (C=O) groups excluding carboxylic acids is 3. The lowest BCUT2D eigenvalue weighted by Crippen LogP contribution is -2.51. The van der Waals surface area contributed by atoms with E-state index in [4.69, 9.17) is 11.6 Å². The van der Waals surface area contributed by atoms with E-state index in [1.807, 2.05) is 0 Å². The van der Waals surface area contributed by atoms with Crippen LogP contribution >= 0.6 is 11.6 Å². The van der Waals surface area contributed by atoms with E-state index in [2.05, 4.69) is 15.7 Å². The van der Waals surface area contributed by atoms with Crippen molar-refractivity contribution in [3.05, 3.63) is 23.4 Å². The maximum atomic E-state index is 13.2. The molecule has 9 nitrogen and oxygen atoms in total. The molecule has 2 fully saturated rings. The zero-order valence-corrected chi connectivity index (χ0v) is 16.8. The Hall–Kier alpha value is -2.23. The molecule has 1 aromatic heterocycles. The van der Waals surface area contributed by atoms with Crippen molar-refractivity contribution in [2.75, 3.05) is 18.4 Å². The average Bonchev–Trinajstić information content (AvgIpc) is 3.38. The topological polar surface area (TPSA) is 115 Å². The predicted molar refractivity (Wildman–Crippen MR) is 106 cm³/mol. The second-order valence-electron chi connectivity index (χ2n) is 7.57. The van der Waals surface area contributed by atoms with Crippen molar-refractivity contribution >= 4 is 35.6 Å². The van der Waals surface area contributed by atoms with E-state index in [0.29, 0.717) is 42.6 Å². The van der Waals surface area contributed by atoms with Crippen molar-refractivity contribution in [1.82, 2.24) is 20.5 Å². The minimum Gasteiger partial charge on any atom is -0.309 e. The van der Waals surface area contributed by atoms with Crippen LogP contribution in [0.3, 0.4) is 0 Å². The molecule has 3 amide bonds. The minimum absolute atomic E-state index is 0.0960. The van der Waals surface area contributed by atoms with Gasteiger partial charge in [0.15, 0.2) is 0 Å². The Morgan fingerprint density at radius 2 is 2.14 bits per heavy atom. The van der Waals surface area contributed by atoms with Gasteiger partial charge in [0.25, 0.3) is 0 Å². The number of amides is 3. The van der Waals surface area contributed by atoms with Gasteiger partial charge in [-0.3, -0.25) is 24.6 Å². The summed E-state index contributed by atoms with van der Waals surface area (Å²) in [7, 11) is 0. The molecule has 1 saturated carbocycles. The molecule has 1 aromatic rings. The highest BCUT2D eigenvalue weighted by atomic mass is 35.5. The fraction of sp³-hybridized carbons (Fsp3) is 0.579. The first-order valence-corrected chi connectivity index (χ1v) is 10.3. The first-order valence-electron chi connectivity index (χ1n) is 9.88. The Kier molecular flexibility index (Phi) is 7.40. The van der Waals surface area contributed by atoms with Gasteiger partial charge < -0.3 is 5.32 Å².